The standard InChI is InChI=1S/C10H17N3OS/c1-7-4-8(11)2-3-13(7)5-9-6-15-10(14)12-9/h6-8H,2-5,11H2,1H3,(H,12,14). The number of thiazole rings is 1. The molecule has 0 aliphatic carbocycles. The topological polar surface area (TPSA) is 62.1 Å². The van der Waals surface area contributed by atoms with Crippen molar-refractivity contribution in [2.75, 3.05) is 6.54 Å². The molecule has 1 saturated heterocycles. The van der Waals surface area contributed by atoms with Gasteiger partial charge in [0.1, 0.15) is 0 Å². The highest BCUT2D eigenvalue weighted by atomic mass is 32.1. The molecule has 5 heteroatoms. The molecule has 0 amide bonds. The molecule has 0 aromatic carbocycles. The molecule has 4 nitrogen and oxygen atoms in total. The molecule has 0 saturated carbocycles. The average Bonchev–Trinajstić information content (AvgIpc) is 2.56. The highest BCUT2D eigenvalue weighted by molar-refractivity contribution is 7.07. The first-order valence-electron chi connectivity index (χ1n) is 5.31. The number of nitrogens with two attached hydrogens (primary N) is 1. The second-order valence-corrected chi connectivity index (χ2v) is 5.12. The quantitative estimate of drug-likeness (QED) is 0.783. The van der Waals surface area contributed by atoms with Crippen LogP contribution < -0.4 is 10.6 Å². The minimum absolute atomic E-state index is 0.0337. The lowest BCUT2D eigenvalue weighted by atomic mass is 9.99. The van der Waals surface area contributed by atoms with Crippen LogP contribution in [0.15, 0.2) is 10.2 Å². The van der Waals surface area contributed by atoms with Crippen molar-refractivity contribution in [2.24, 2.45) is 5.73 Å². The number of piperidine rings is 1. The van der Waals surface area contributed by atoms with Crippen LogP contribution in [-0.2, 0) is 6.54 Å². The normalized spacial score (nSPS) is 28.1. The van der Waals surface area contributed by atoms with Crippen molar-refractivity contribution in [3.05, 3.63) is 20.7 Å². The first kappa shape index (κ1) is 10.9. The molecule has 15 heavy (non-hydrogen) atoms. The van der Waals surface area contributed by atoms with Gasteiger partial charge in [0.2, 0.25) is 0 Å². The molecule has 2 heterocycles. The fourth-order valence-corrected chi connectivity index (χ4v) is 2.68. The fourth-order valence-electron chi connectivity index (χ4n) is 2.10. The maximum atomic E-state index is 11.0. The van der Waals surface area contributed by atoms with Gasteiger partial charge in [0.25, 0.3) is 0 Å². The van der Waals surface area contributed by atoms with Crippen molar-refractivity contribution in [3.8, 4) is 0 Å². The summed E-state index contributed by atoms with van der Waals surface area (Å²) in [7, 11) is 0. The molecule has 0 radical (unpaired) electrons. The predicted octanol–water partition coefficient (Wildman–Crippen LogP) is 0.748. The Hall–Kier alpha value is -0.650. The minimum atomic E-state index is 0.0337. The van der Waals surface area contributed by atoms with Gasteiger partial charge < -0.3 is 10.7 Å². The Morgan fingerprint density at radius 2 is 2.53 bits per heavy atom. The van der Waals surface area contributed by atoms with Crippen molar-refractivity contribution in [1.29, 1.82) is 0 Å². The van der Waals surface area contributed by atoms with E-state index >= 15 is 0 Å². The van der Waals surface area contributed by atoms with Gasteiger partial charge in [0, 0.05) is 36.2 Å². The van der Waals surface area contributed by atoms with Crippen molar-refractivity contribution in [1.82, 2.24) is 9.88 Å². The largest absolute Gasteiger partial charge is 0.328 e. The van der Waals surface area contributed by atoms with Crippen molar-refractivity contribution >= 4 is 11.3 Å². The molecule has 0 bridgehead atoms. The van der Waals surface area contributed by atoms with E-state index in [-0.39, 0.29) is 4.87 Å². The van der Waals surface area contributed by atoms with Crippen LogP contribution in [0.1, 0.15) is 25.5 Å². The van der Waals surface area contributed by atoms with Crippen LogP contribution in [0.4, 0.5) is 0 Å². The van der Waals surface area contributed by atoms with Crippen molar-refractivity contribution in [2.45, 2.75) is 38.4 Å². The number of hydrogen-bond donors (Lipinski definition) is 2. The second-order valence-electron chi connectivity index (χ2n) is 4.28. The van der Waals surface area contributed by atoms with E-state index in [0.29, 0.717) is 12.1 Å². The molecular weight excluding hydrogens is 210 g/mol. The number of aromatic nitrogens is 1. The first-order valence-corrected chi connectivity index (χ1v) is 6.19. The monoisotopic (exact) mass is 227 g/mol. The summed E-state index contributed by atoms with van der Waals surface area (Å²) in [5.74, 6) is 0. The molecule has 1 aliphatic rings. The molecule has 2 unspecified atom stereocenters. The zero-order valence-corrected chi connectivity index (χ0v) is 9.72. The molecule has 1 aromatic rings. The predicted molar refractivity (Wildman–Crippen MR) is 62.0 cm³/mol. The fraction of sp³-hybridized carbons (Fsp3) is 0.700. The van der Waals surface area contributed by atoms with Crippen LogP contribution in [0.5, 0.6) is 0 Å². The number of nitrogens with zero attached hydrogens (tertiary/aromatic N) is 1. The van der Waals surface area contributed by atoms with Gasteiger partial charge in [-0.1, -0.05) is 11.3 Å². The maximum Gasteiger partial charge on any atom is 0.304 e. The molecule has 84 valence electrons. The minimum Gasteiger partial charge on any atom is -0.328 e. The number of likely N-dealkylation sites (tertiary alicyclic amines) is 1. The number of hydrogen-bond acceptors (Lipinski definition) is 4. The Morgan fingerprint density at radius 1 is 1.73 bits per heavy atom. The smallest absolute Gasteiger partial charge is 0.304 e. The molecule has 2 atom stereocenters. The van der Waals surface area contributed by atoms with Crippen LogP contribution in [0, 0.1) is 0 Å². The number of aromatic amines is 1. The number of rotatable bonds is 2. The third-order valence-electron chi connectivity index (χ3n) is 3.00. The zero-order valence-electron chi connectivity index (χ0n) is 8.90. The lowest BCUT2D eigenvalue weighted by Crippen LogP contribution is -2.45. The van der Waals surface area contributed by atoms with Gasteiger partial charge in [-0.3, -0.25) is 9.69 Å². The molecular formula is C10H17N3OS. The van der Waals surface area contributed by atoms with Crippen molar-refractivity contribution in [3.63, 3.8) is 0 Å². The summed E-state index contributed by atoms with van der Waals surface area (Å²) in [4.78, 5) is 16.2. The summed E-state index contributed by atoms with van der Waals surface area (Å²) in [5.41, 5.74) is 6.92. The van der Waals surface area contributed by atoms with Crippen LogP contribution >= 0.6 is 11.3 Å². The summed E-state index contributed by atoms with van der Waals surface area (Å²) in [5, 5.41) is 1.91. The summed E-state index contributed by atoms with van der Waals surface area (Å²) in [6.45, 7) is 4.07. The van der Waals surface area contributed by atoms with E-state index in [4.69, 9.17) is 5.73 Å². The lowest BCUT2D eigenvalue weighted by molar-refractivity contribution is 0.138. The SMILES string of the molecule is CC1CC(N)CCN1Cc1csc(=O)[nH]1. The summed E-state index contributed by atoms with van der Waals surface area (Å²) < 4.78 is 0. The van der Waals surface area contributed by atoms with Crippen LogP contribution in [0.2, 0.25) is 0 Å². The van der Waals surface area contributed by atoms with E-state index in [1.54, 1.807) is 0 Å². The number of H-pyrrole nitrogens is 1. The van der Waals surface area contributed by atoms with Crippen LogP contribution in [0.25, 0.3) is 0 Å². The highest BCUT2D eigenvalue weighted by Gasteiger charge is 2.23. The lowest BCUT2D eigenvalue weighted by Gasteiger charge is -2.35. The van der Waals surface area contributed by atoms with Crippen LogP contribution in [0.3, 0.4) is 0 Å². The maximum absolute atomic E-state index is 11.0. The molecule has 1 aliphatic heterocycles. The molecule has 1 fully saturated rings. The van der Waals surface area contributed by atoms with Gasteiger partial charge in [-0.25, -0.2) is 0 Å². The van der Waals surface area contributed by atoms with Crippen molar-refractivity contribution < 1.29 is 0 Å². The summed E-state index contributed by atoms with van der Waals surface area (Å²) >= 11 is 1.23. The molecule has 1 aromatic heterocycles. The Labute approximate surface area is 93.1 Å². The summed E-state index contributed by atoms with van der Waals surface area (Å²) in [6.07, 6.45) is 2.10. The second kappa shape index (κ2) is 4.47. The number of nitrogens with one attached hydrogen (secondary N) is 1. The van der Waals surface area contributed by atoms with Crippen LogP contribution in [-0.4, -0.2) is 28.5 Å². The molecule has 3 N–H and O–H groups in total. The van der Waals surface area contributed by atoms with Gasteiger partial charge >= 0.3 is 4.87 Å². The average molecular weight is 227 g/mol. The summed E-state index contributed by atoms with van der Waals surface area (Å²) in [6, 6.07) is 0.856. The van der Waals surface area contributed by atoms with E-state index in [1.165, 1.54) is 11.3 Å². The molecule has 2 rings (SSSR count). The third-order valence-corrected chi connectivity index (χ3v) is 3.72. The Bertz CT molecular complexity index is 373. The van der Waals surface area contributed by atoms with Gasteiger partial charge in [-0.05, 0) is 19.8 Å². The Morgan fingerprint density at radius 3 is 3.13 bits per heavy atom. The van der Waals surface area contributed by atoms with Gasteiger partial charge in [0.15, 0.2) is 0 Å². The van der Waals surface area contributed by atoms with E-state index in [1.807, 2.05) is 5.38 Å². The highest BCUT2D eigenvalue weighted by Crippen LogP contribution is 2.17. The van der Waals surface area contributed by atoms with Gasteiger partial charge in [-0.15, -0.1) is 0 Å². The zero-order chi connectivity index (χ0) is 10.8. The van der Waals surface area contributed by atoms with E-state index < -0.39 is 0 Å². The van der Waals surface area contributed by atoms with Gasteiger partial charge in [-0.2, -0.15) is 0 Å². The Balaban J connectivity index is 1.97. The van der Waals surface area contributed by atoms with E-state index in [9.17, 15) is 4.79 Å². The Kier molecular flexibility index (Phi) is 3.23. The van der Waals surface area contributed by atoms with E-state index in [0.717, 1.165) is 31.6 Å². The molecule has 0 spiro atoms. The first-order chi connectivity index (χ1) is 7.15. The van der Waals surface area contributed by atoms with Gasteiger partial charge in [0.05, 0.1) is 0 Å². The van der Waals surface area contributed by atoms with E-state index in [2.05, 4.69) is 16.8 Å². The third kappa shape index (κ3) is 2.68.